The molecular weight excluding hydrogens is 308 g/mol. The maximum Gasteiger partial charge on any atom is 0.337 e. The average molecular weight is 320 g/mol. The third kappa shape index (κ3) is 2.40. The van der Waals surface area contributed by atoms with Crippen molar-refractivity contribution >= 4 is 21.9 Å². The summed E-state index contributed by atoms with van der Waals surface area (Å²) in [5.74, 6) is -3.35. The summed E-state index contributed by atoms with van der Waals surface area (Å²) in [7, 11) is 1.26. The molecule has 0 radical (unpaired) electrons. The van der Waals surface area contributed by atoms with Crippen LogP contribution in [0.1, 0.15) is 28.4 Å². The zero-order chi connectivity index (χ0) is 13.3. The van der Waals surface area contributed by atoms with Crippen LogP contribution >= 0.6 is 15.9 Å². The molecule has 1 fully saturated rings. The molecule has 6 heteroatoms. The second-order valence-electron chi connectivity index (χ2n) is 4.13. The van der Waals surface area contributed by atoms with E-state index in [0.29, 0.717) is 10.0 Å². The second-order valence-corrected chi connectivity index (χ2v) is 4.98. The first-order valence-electron chi connectivity index (χ1n) is 5.44. The van der Waals surface area contributed by atoms with E-state index in [2.05, 4.69) is 26.0 Å². The topological polar surface area (TPSA) is 38.3 Å². The summed E-state index contributed by atoms with van der Waals surface area (Å²) < 4.78 is 32.5. The molecule has 1 N–H and O–H groups in total. The van der Waals surface area contributed by atoms with Gasteiger partial charge in [-0.25, -0.2) is 13.6 Å². The van der Waals surface area contributed by atoms with Crippen LogP contribution < -0.4 is 5.32 Å². The number of alkyl halides is 2. The summed E-state index contributed by atoms with van der Waals surface area (Å²) in [6, 6.07) is 3.48. The van der Waals surface area contributed by atoms with Gasteiger partial charge in [0.25, 0.3) is 5.92 Å². The number of carbonyl (C=O) groups is 1. The number of carbonyl (C=O) groups excluding carboxylic acids is 1. The van der Waals surface area contributed by atoms with Crippen molar-refractivity contribution in [1.29, 1.82) is 0 Å². The van der Waals surface area contributed by atoms with Crippen molar-refractivity contribution in [3.05, 3.63) is 33.8 Å². The Morgan fingerprint density at radius 1 is 1.56 bits per heavy atom. The quantitative estimate of drug-likeness (QED) is 0.852. The van der Waals surface area contributed by atoms with Gasteiger partial charge in [-0.05, 0) is 23.8 Å². The zero-order valence-corrected chi connectivity index (χ0v) is 11.3. The predicted molar refractivity (Wildman–Crippen MR) is 65.8 cm³/mol. The molecule has 1 unspecified atom stereocenters. The van der Waals surface area contributed by atoms with Gasteiger partial charge in [0.15, 0.2) is 0 Å². The molecular formula is C12H12BrF2NO2. The number of hydrogen-bond donors (Lipinski definition) is 1. The molecule has 18 heavy (non-hydrogen) atoms. The third-order valence-electron chi connectivity index (χ3n) is 2.96. The Balaban J connectivity index is 2.41. The maximum absolute atomic E-state index is 13.7. The van der Waals surface area contributed by atoms with E-state index in [1.54, 1.807) is 6.07 Å². The highest BCUT2D eigenvalue weighted by atomic mass is 79.9. The number of methoxy groups -OCH3 is 1. The molecule has 1 saturated heterocycles. The molecule has 0 amide bonds. The van der Waals surface area contributed by atoms with Gasteiger partial charge >= 0.3 is 5.97 Å². The van der Waals surface area contributed by atoms with Gasteiger partial charge in [0.05, 0.1) is 18.7 Å². The van der Waals surface area contributed by atoms with Crippen molar-refractivity contribution in [2.24, 2.45) is 0 Å². The SMILES string of the molecule is COC(=O)c1ccc(Br)c(C2NCCC2(F)F)c1. The Morgan fingerprint density at radius 2 is 2.28 bits per heavy atom. The van der Waals surface area contributed by atoms with E-state index in [1.807, 2.05) is 0 Å². The van der Waals surface area contributed by atoms with Crippen LogP contribution in [0.5, 0.6) is 0 Å². The van der Waals surface area contributed by atoms with Gasteiger partial charge in [-0.3, -0.25) is 0 Å². The molecule has 1 aliphatic heterocycles. The highest BCUT2D eigenvalue weighted by Crippen LogP contribution is 2.41. The molecule has 1 aromatic rings. The molecule has 0 aliphatic carbocycles. The highest BCUT2D eigenvalue weighted by molar-refractivity contribution is 9.10. The molecule has 98 valence electrons. The first-order valence-corrected chi connectivity index (χ1v) is 6.24. The fraction of sp³-hybridized carbons (Fsp3) is 0.417. The van der Waals surface area contributed by atoms with E-state index >= 15 is 0 Å². The van der Waals surface area contributed by atoms with Crippen molar-refractivity contribution in [1.82, 2.24) is 5.32 Å². The molecule has 3 nitrogen and oxygen atoms in total. The molecule has 0 saturated carbocycles. The minimum absolute atomic E-state index is 0.202. The van der Waals surface area contributed by atoms with Crippen LogP contribution in [0.15, 0.2) is 22.7 Å². The Hall–Kier alpha value is -1.01. The van der Waals surface area contributed by atoms with E-state index in [-0.39, 0.29) is 18.5 Å². The second kappa shape index (κ2) is 4.93. The molecule has 2 rings (SSSR count). The Kier molecular flexibility index (Phi) is 3.68. The first kappa shape index (κ1) is 13.4. The lowest BCUT2D eigenvalue weighted by Gasteiger charge is -2.21. The predicted octanol–water partition coefficient (Wildman–Crippen LogP) is 2.91. The fourth-order valence-electron chi connectivity index (χ4n) is 2.02. The van der Waals surface area contributed by atoms with Crippen LogP contribution in [-0.2, 0) is 4.74 Å². The highest BCUT2D eigenvalue weighted by Gasteiger charge is 2.45. The minimum atomic E-state index is -2.81. The summed E-state index contributed by atoms with van der Waals surface area (Å²) in [5.41, 5.74) is 0.639. The van der Waals surface area contributed by atoms with Crippen molar-refractivity contribution in [2.45, 2.75) is 18.4 Å². The van der Waals surface area contributed by atoms with Crippen LogP contribution in [0.25, 0.3) is 0 Å². The largest absolute Gasteiger partial charge is 0.465 e. The third-order valence-corrected chi connectivity index (χ3v) is 3.68. The van der Waals surface area contributed by atoms with E-state index in [1.165, 1.54) is 19.2 Å². The standard InChI is InChI=1S/C12H12BrF2NO2/c1-18-11(17)7-2-3-9(13)8(6-7)10-12(14,15)4-5-16-10/h2-3,6,10,16H,4-5H2,1H3. The van der Waals surface area contributed by atoms with E-state index in [0.717, 1.165) is 0 Å². The molecule has 0 bridgehead atoms. The zero-order valence-electron chi connectivity index (χ0n) is 9.67. The number of halogens is 3. The number of nitrogens with one attached hydrogen (secondary N) is 1. The molecule has 1 aliphatic rings. The van der Waals surface area contributed by atoms with Gasteiger partial charge in [-0.15, -0.1) is 0 Å². The normalized spacial score (nSPS) is 21.9. The Bertz CT molecular complexity index is 479. The molecule has 1 heterocycles. The summed E-state index contributed by atoms with van der Waals surface area (Å²) in [6.07, 6.45) is -0.202. The fourth-order valence-corrected chi connectivity index (χ4v) is 2.50. The van der Waals surface area contributed by atoms with Gasteiger partial charge in [-0.1, -0.05) is 15.9 Å². The summed E-state index contributed by atoms with van der Waals surface area (Å²) in [6.45, 7) is 0.257. The van der Waals surface area contributed by atoms with Gasteiger partial charge in [0, 0.05) is 17.4 Å². The van der Waals surface area contributed by atoms with Crippen molar-refractivity contribution in [2.75, 3.05) is 13.7 Å². The number of rotatable bonds is 2. The summed E-state index contributed by atoms with van der Waals surface area (Å²) in [5, 5.41) is 2.76. The molecule has 1 atom stereocenters. The van der Waals surface area contributed by atoms with Gasteiger partial charge < -0.3 is 10.1 Å². The number of hydrogen-bond acceptors (Lipinski definition) is 3. The lowest BCUT2D eigenvalue weighted by molar-refractivity contribution is -0.0119. The van der Waals surface area contributed by atoms with Crippen LogP contribution in [0.2, 0.25) is 0 Å². The van der Waals surface area contributed by atoms with E-state index in [9.17, 15) is 13.6 Å². The first-order chi connectivity index (χ1) is 8.45. The summed E-state index contributed by atoms with van der Waals surface area (Å²) >= 11 is 3.24. The van der Waals surface area contributed by atoms with Crippen LogP contribution in [0, 0.1) is 0 Å². The van der Waals surface area contributed by atoms with Crippen LogP contribution in [0.3, 0.4) is 0 Å². The number of ether oxygens (including phenoxy) is 1. The van der Waals surface area contributed by atoms with Crippen molar-refractivity contribution in [3.8, 4) is 0 Å². The van der Waals surface area contributed by atoms with Gasteiger partial charge in [-0.2, -0.15) is 0 Å². The minimum Gasteiger partial charge on any atom is -0.465 e. The van der Waals surface area contributed by atoms with Crippen molar-refractivity contribution in [3.63, 3.8) is 0 Å². The van der Waals surface area contributed by atoms with Crippen LogP contribution in [-0.4, -0.2) is 25.5 Å². The number of esters is 1. The molecule has 0 spiro atoms. The van der Waals surface area contributed by atoms with Crippen molar-refractivity contribution < 1.29 is 18.3 Å². The number of benzene rings is 1. The molecule has 1 aromatic carbocycles. The average Bonchev–Trinajstić information content (AvgIpc) is 2.68. The maximum atomic E-state index is 13.7. The Labute approximate surface area is 112 Å². The monoisotopic (exact) mass is 319 g/mol. The molecule has 0 aromatic heterocycles. The summed E-state index contributed by atoms with van der Waals surface area (Å²) in [4.78, 5) is 11.4. The lowest BCUT2D eigenvalue weighted by Crippen LogP contribution is -2.27. The van der Waals surface area contributed by atoms with Gasteiger partial charge in [0.2, 0.25) is 0 Å². The van der Waals surface area contributed by atoms with Gasteiger partial charge in [0.1, 0.15) is 0 Å². The lowest BCUT2D eigenvalue weighted by atomic mass is 10.00. The smallest absolute Gasteiger partial charge is 0.337 e. The Morgan fingerprint density at radius 3 is 2.83 bits per heavy atom. The van der Waals surface area contributed by atoms with Crippen LogP contribution in [0.4, 0.5) is 8.78 Å². The van der Waals surface area contributed by atoms with E-state index in [4.69, 9.17) is 0 Å². The van der Waals surface area contributed by atoms with E-state index < -0.39 is 17.9 Å².